The van der Waals surface area contributed by atoms with Gasteiger partial charge in [-0.25, -0.2) is 13.8 Å². The highest BCUT2D eigenvalue weighted by Gasteiger charge is 2.39. The van der Waals surface area contributed by atoms with Crippen LogP contribution in [0.25, 0.3) is 27.7 Å². The number of halogens is 5. The topological polar surface area (TPSA) is 80.9 Å². The molecule has 3 aromatic heterocycles. The Balaban J connectivity index is 1.11. The Hall–Kier alpha value is -5.04. The summed E-state index contributed by atoms with van der Waals surface area (Å²) in [6, 6.07) is 8.26. The van der Waals surface area contributed by atoms with Crippen molar-refractivity contribution >= 4 is 33.9 Å². The van der Waals surface area contributed by atoms with Gasteiger partial charge in [0.15, 0.2) is 5.75 Å². The molecule has 8 nitrogen and oxygen atoms in total. The number of amides is 1. The number of ether oxygens (including phenoxy) is 1. The Labute approximate surface area is 283 Å². The number of fused-ring (bicyclic) bond motifs is 6. The summed E-state index contributed by atoms with van der Waals surface area (Å²) in [5, 5.41) is 2.25. The first-order valence-electron chi connectivity index (χ1n) is 16.6. The smallest absolute Gasteiger partial charge is 0.417 e. The highest BCUT2D eigenvalue weighted by atomic mass is 19.4. The molecule has 13 heteroatoms. The third kappa shape index (κ3) is 5.34. The second kappa shape index (κ2) is 12.1. The average molecular weight is 690 g/mol. The number of ketones is 1. The molecular formula is C37H32F5N5O3. The second-order valence-corrected chi connectivity index (χ2v) is 13.2. The van der Waals surface area contributed by atoms with Gasteiger partial charge in [0.25, 0.3) is 0 Å². The number of piperidine rings is 1. The number of carbonyl (C=O) groups is 2. The summed E-state index contributed by atoms with van der Waals surface area (Å²) < 4.78 is 83.3. The Kier molecular flexibility index (Phi) is 7.77. The number of imidazole rings is 1. The first kappa shape index (κ1) is 32.2. The molecule has 3 aliphatic rings. The van der Waals surface area contributed by atoms with E-state index >= 15 is 8.78 Å². The van der Waals surface area contributed by atoms with Gasteiger partial charge >= 0.3 is 6.18 Å². The van der Waals surface area contributed by atoms with Crippen LogP contribution in [-0.4, -0.2) is 55.8 Å². The fourth-order valence-electron chi connectivity index (χ4n) is 7.98. The number of aromatic nitrogens is 3. The third-order valence-electron chi connectivity index (χ3n) is 10.3. The Morgan fingerprint density at radius 2 is 1.80 bits per heavy atom. The largest absolute Gasteiger partial charge is 0.490 e. The minimum absolute atomic E-state index is 0.00188. The van der Waals surface area contributed by atoms with E-state index in [1.54, 1.807) is 13.1 Å². The van der Waals surface area contributed by atoms with E-state index in [1.165, 1.54) is 52.2 Å². The van der Waals surface area contributed by atoms with Crippen molar-refractivity contribution in [3.05, 3.63) is 95.1 Å². The van der Waals surface area contributed by atoms with Crippen molar-refractivity contribution in [2.24, 2.45) is 7.05 Å². The van der Waals surface area contributed by atoms with Crippen LogP contribution in [0, 0.1) is 11.6 Å². The number of hydrogen-bond donors (Lipinski definition) is 1. The number of carbonyl (C=O) groups excluding carboxylic acids is 2. The van der Waals surface area contributed by atoms with Crippen LogP contribution in [0.2, 0.25) is 0 Å². The van der Waals surface area contributed by atoms with Crippen molar-refractivity contribution < 1.29 is 36.3 Å². The molecule has 50 heavy (non-hydrogen) atoms. The summed E-state index contributed by atoms with van der Waals surface area (Å²) in [5.74, 6) is -3.75. The number of aryl methyl sites for hydroxylation is 1. The number of rotatable bonds is 6. The minimum Gasteiger partial charge on any atom is -0.490 e. The van der Waals surface area contributed by atoms with Gasteiger partial charge in [0.05, 0.1) is 35.2 Å². The highest BCUT2D eigenvalue weighted by molar-refractivity contribution is 6.10. The summed E-state index contributed by atoms with van der Waals surface area (Å²) >= 11 is 0. The van der Waals surface area contributed by atoms with Crippen molar-refractivity contribution in [2.45, 2.75) is 56.8 Å². The minimum atomic E-state index is -4.75. The monoisotopic (exact) mass is 689 g/mol. The molecule has 2 bridgehead atoms. The van der Waals surface area contributed by atoms with Crippen LogP contribution in [0.4, 0.5) is 27.6 Å². The zero-order chi connectivity index (χ0) is 34.9. The summed E-state index contributed by atoms with van der Waals surface area (Å²) in [6.45, 7) is 0.575. The van der Waals surface area contributed by atoms with Gasteiger partial charge in [0.1, 0.15) is 22.8 Å². The van der Waals surface area contributed by atoms with E-state index in [1.807, 2.05) is 0 Å². The lowest BCUT2D eigenvalue weighted by Crippen LogP contribution is -2.39. The van der Waals surface area contributed by atoms with E-state index in [9.17, 15) is 22.8 Å². The van der Waals surface area contributed by atoms with Crippen LogP contribution in [0.15, 0.2) is 61.1 Å². The lowest BCUT2D eigenvalue weighted by molar-refractivity contribution is -0.137. The molecule has 2 unspecified atom stereocenters. The molecule has 2 atom stereocenters. The molecule has 5 aromatic rings. The van der Waals surface area contributed by atoms with Crippen molar-refractivity contribution in [3.8, 4) is 16.9 Å². The van der Waals surface area contributed by atoms with E-state index in [0.29, 0.717) is 29.7 Å². The van der Waals surface area contributed by atoms with Crippen LogP contribution in [-0.2, 0) is 24.4 Å². The molecule has 0 aliphatic carbocycles. The van der Waals surface area contributed by atoms with Gasteiger partial charge in [-0.3, -0.25) is 14.5 Å². The van der Waals surface area contributed by atoms with Gasteiger partial charge in [-0.1, -0.05) is 18.6 Å². The number of benzene rings is 2. The number of pyridine rings is 1. The predicted molar refractivity (Wildman–Crippen MR) is 176 cm³/mol. The number of hydrogen-bond acceptors (Lipinski definition) is 5. The second-order valence-electron chi connectivity index (χ2n) is 13.2. The molecule has 2 saturated heterocycles. The SMILES string of the molecule is Cn1cnc2c3c(c(C(F)(F)F)cc21)-c1cccn2c(C(=O)c4cc(F)c(NC(=O)/C=C/CN5C6CCCC5CC6)c(F)c4)cc(c12)CCO3. The van der Waals surface area contributed by atoms with E-state index in [-0.39, 0.29) is 52.2 Å². The van der Waals surface area contributed by atoms with Gasteiger partial charge in [0, 0.05) is 61.1 Å². The molecule has 0 saturated carbocycles. The maximum Gasteiger partial charge on any atom is 0.417 e. The molecular weight excluding hydrogens is 657 g/mol. The Bertz CT molecular complexity index is 2200. The summed E-state index contributed by atoms with van der Waals surface area (Å²) in [4.78, 5) is 33.1. The first-order chi connectivity index (χ1) is 24.0. The first-order valence-corrected chi connectivity index (χ1v) is 16.6. The molecule has 1 N–H and O–H groups in total. The average Bonchev–Trinajstić information content (AvgIpc) is 3.70. The predicted octanol–water partition coefficient (Wildman–Crippen LogP) is 7.47. The Morgan fingerprint density at radius 1 is 1.06 bits per heavy atom. The van der Waals surface area contributed by atoms with Gasteiger partial charge in [-0.15, -0.1) is 0 Å². The molecule has 1 amide bonds. The molecule has 0 spiro atoms. The molecule has 3 aliphatic heterocycles. The van der Waals surface area contributed by atoms with E-state index in [0.717, 1.165) is 43.9 Å². The number of nitrogens with zero attached hydrogens (tertiary/aromatic N) is 4. The third-order valence-corrected chi connectivity index (χ3v) is 10.3. The quantitative estimate of drug-likeness (QED) is 0.114. The summed E-state index contributed by atoms with van der Waals surface area (Å²) in [6.07, 6.45) is 7.13. The van der Waals surface area contributed by atoms with Crippen molar-refractivity contribution in [1.29, 1.82) is 0 Å². The number of alkyl halides is 3. The number of anilines is 1. The zero-order valence-electron chi connectivity index (χ0n) is 27.0. The lowest BCUT2D eigenvalue weighted by atomic mass is 9.94. The molecule has 6 heterocycles. The van der Waals surface area contributed by atoms with Crippen LogP contribution in [0.3, 0.4) is 0 Å². The maximum atomic E-state index is 15.3. The number of nitrogens with one attached hydrogen (secondary N) is 1. The van der Waals surface area contributed by atoms with Crippen molar-refractivity contribution in [3.63, 3.8) is 0 Å². The lowest BCUT2D eigenvalue weighted by Gasteiger charge is -2.33. The fourth-order valence-corrected chi connectivity index (χ4v) is 7.98. The standard InChI is InChI=1S/C37H32F5N5O3/c1-45-19-43-33-28(45)18-25(37(40,41)42)31-24-7-3-13-47-29(17-20(34(24)47)11-14-50-36(31)33)35(49)21-15-26(38)32(27(39)16-21)44-30(48)8-4-12-46-22-5-2-6-23(46)10-9-22/h3-4,7-8,13,15-19,22-23H,2,5-6,9-12,14H2,1H3,(H,44,48)/b8-4+. The van der Waals surface area contributed by atoms with E-state index < -0.39 is 40.8 Å². The maximum absolute atomic E-state index is 15.3. The zero-order valence-corrected chi connectivity index (χ0v) is 27.0. The van der Waals surface area contributed by atoms with Crippen LogP contribution < -0.4 is 10.1 Å². The van der Waals surface area contributed by atoms with Gasteiger partial charge in [-0.05, 0) is 61.6 Å². The van der Waals surface area contributed by atoms with E-state index in [2.05, 4.69) is 15.2 Å². The molecule has 2 aromatic carbocycles. The highest BCUT2D eigenvalue weighted by Crippen LogP contribution is 2.48. The van der Waals surface area contributed by atoms with Crippen LogP contribution in [0.1, 0.15) is 59.3 Å². The normalized spacial score (nSPS) is 19.1. The molecule has 8 rings (SSSR count). The van der Waals surface area contributed by atoms with Crippen molar-refractivity contribution in [1.82, 2.24) is 18.9 Å². The van der Waals surface area contributed by atoms with Gasteiger partial charge in [-0.2, -0.15) is 13.2 Å². The molecule has 2 fully saturated rings. The van der Waals surface area contributed by atoms with Crippen LogP contribution >= 0.6 is 0 Å². The van der Waals surface area contributed by atoms with Gasteiger partial charge in [0.2, 0.25) is 11.7 Å². The van der Waals surface area contributed by atoms with Gasteiger partial charge < -0.3 is 19.0 Å². The molecule has 258 valence electrons. The van der Waals surface area contributed by atoms with Crippen molar-refractivity contribution in [2.75, 3.05) is 18.5 Å². The molecule has 0 radical (unpaired) electrons. The summed E-state index contributed by atoms with van der Waals surface area (Å²) in [5.41, 5.74) is -0.583. The fraction of sp³-hybridized carbons (Fsp3) is 0.324. The Morgan fingerprint density at radius 3 is 2.52 bits per heavy atom. The van der Waals surface area contributed by atoms with E-state index in [4.69, 9.17) is 4.74 Å². The summed E-state index contributed by atoms with van der Waals surface area (Å²) in [7, 11) is 1.59. The van der Waals surface area contributed by atoms with Crippen LogP contribution in [0.5, 0.6) is 5.75 Å².